The van der Waals surface area contributed by atoms with Gasteiger partial charge in [0, 0.05) is 29.7 Å². The minimum atomic E-state index is 0. The van der Waals surface area contributed by atoms with Crippen LogP contribution in [0.5, 0.6) is 0 Å². The molecule has 2 fully saturated rings. The minimum Gasteiger partial charge on any atom is -0.350 e. The van der Waals surface area contributed by atoms with E-state index in [-0.39, 0.29) is 18.3 Å². The van der Waals surface area contributed by atoms with Gasteiger partial charge < -0.3 is 10.6 Å². The number of benzene rings is 1. The fourth-order valence-corrected chi connectivity index (χ4v) is 5.45. The van der Waals surface area contributed by atoms with Crippen molar-refractivity contribution in [2.45, 2.75) is 23.5 Å². The van der Waals surface area contributed by atoms with E-state index in [0.29, 0.717) is 10.6 Å². The van der Waals surface area contributed by atoms with Gasteiger partial charge in [0.1, 0.15) is 0 Å². The quantitative estimate of drug-likeness (QED) is 0.880. The molecule has 0 aromatic heterocycles. The zero-order valence-electron chi connectivity index (χ0n) is 11.8. The van der Waals surface area contributed by atoms with Gasteiger partial charge in [0.2, 0.25) is 0 Å². The molecule has 6 heteroatoms. The number of carbonyl (C=O) groups excluding carboxylic acids is 1. The van der Waals surface area contributed by atoms with E-state index < -0.39 is 0 Å². The molecule has 1 unspecified atom stereocenters. The number of rotatable bonds is 4. The molecule has 2 saturated heterocycles. The fourth-order valence-electron chi connectivity index (χ4n) is 2.59. The molecule has 21 heavy (non-hydrogen) atoms. The first-order valence-corrected chi connectivity index (χ1v) is 9.27. The summed E-state index contributed by atoms with van der Waals surface area (Å²) in [7, 11) is 0. The molecule has 3 rings (SSSR count). The van der Waals surface area contributed by atoms with Crippen molar-refractivity contribution in [3.8, 4) is 0 Å². The zero-order chi connectivity index (χ0) is 13.8. The summed E-state index contributed by atoms with van der Waals surface area (Å²) in [5.74, 6) is 2.50. The summed E-state index contributed by atoms with van der Waals surface area (Å²) in [4.78, 5) is 12.1. The van der Waals surface area contributed by atoms with E-state index in [9.17, 15) is 4.79 Å². The third-order valence-electron chi connectivity index (χ3n) is 3.74. The molecule has 0 aliphatic carbocycles. The summed E-state index contributed by atoms with van der Waals surface area (Å²) in [6.45, 7) is 1.81. The van der Waals surface area contributed by atoms with Crippen molar-refractivity contribution in [1.82, 2.24) is 10.6 Å². The predicted octanol–water partition coefficient (Wildman–Crippen LogP) is 3.07. The van der Waals surface area contributed by atoms with Gasteiger partial charge in [-0.3, -0.25) is 4.79 Å². The second-order valence-electron chi connectivity index (χ2n) is 5.20. The van der Waals surface area contributed by atoms with Crippen LogP contribution in [-0.2, 0) is 0 Å². The van der Waals surface area contributed by atoms with Crippen molar-refractivity contribution >= 4 is 41.8 Å². The molecule has 1 aromatic carbocycles. The molecule has 3 nitrogen and oxygen atoms in total. The first kappa shape index (κ1) is 17.0. The van der Waals surface area contributed by atoms with Crippen molar-refractivity contribution in [1.29, 1.82) is 0 Å². The highest BCUT2D eigenvalue weighted by Crippen LogP contribution is 2.45. The van der Waals surface area contributed by atoms with Crippen molar-refractivity contribution in [3.63, 3.8) is 0 Å². The first-order valence-electron chi connectivity index (χ1n) is 7.18. The summed E-state index contributed by atoms with van der Waals surface area (Å²) >= 11 is 3.98. The van der Waals surface area contributed by atoms with Crippen LogP contribution in [0.4, 0.5) is 0 Å². The van der Waals surface area contributed by atoms with Crippen LogP contribution in [0.1, 0.15) is 33.3 Å². The molecule has 2 N–H and O–H groups in total. The zero-order valence-corrected chi connectivity index (χ0v) is 14.3. The average molecular weight is 345 g/mol. The molecule has 2 aliphatic heterocycles. The second kappa shape index (κ2) is 8.32. The molecule has 1 atom stereocenters. The Balaban J connectivity index is 0.00000161. The van der Waals surface area contributed by atoms with Crippen LogP contribution in [0.2, 0.25) is 0 Å². The van der Waals surface area contributed by atoms with Crippen LogP contribution in [-0.4, -0.2) is 36.5 Å². The van der Waals surface area contributed by atoms with Crippen LogP contribution in [0.3, 0.4) is 0 Å². The van der Waals surface area contributed by atoms with E-state index in [4.69, 9.17) is 0 Å². The summed E-state index contributed by atoms with van der Waals surface area (Å²) in [6.07, 6.45) is 2.38. The standard InChI is InChI=1S/C15H20N2OS2.ClH/c18-14(17-10-13-2-1-7-16-13)11-3-5-12(6-4-11)15-19-8-9-20-15;/h3-6,13,15-16H,1-2,7-10H2,(H,17,18);1H. The maximum absolute atomic E-state index is 12.1. The lowest BCUT2D eigenvalue weighted by atomic mass is 10.1. The number of thioether (sulfide) groups is 2. The van der Waals surface area contributed by atoms with Gasteiger partial charge in [0.25, 0.3) is 5.91 Å². The van der Waals surface area contributed by atoms with Gasteiger partial charge in [-0.1, -0.05) is 12.1 Å². The van der Waals surface area contributed by atoms with Gasteiger partial charge in [-0.15, -0.1) is 35.9 Å². The number of hydrogen-bond donors (Lipinski definition) is 2. The third-order valence-corrected chi connectivity index (χ3v) is 6.84. The molecule has 1 amide bonds. The summed E-state index contributed by atoms with van der Waals surface area (Å²) < 4.78 is 0.551. The Labute approximate surface area is 140 Å². The lowest BCUT2D eigenvalue weighted by Gasteiger charge is -2.12. The van der Waals surface area contributed by atoms with Gasteiger partial charge in [-0.2, -0.15) is 0 Å². The number of amides is 1. The van der Waals surface area contributed by atoms with Crippen LogP contribution in [0.25, 0.3) is 0 Å². The fraction of sp³-hybridized carbons (Fsp3) is 0.533. The topological polar surface area (TPSA) is 41.1 Å². The molecule has 0 saturated carbocycles. The highest BCUT2D eigenvalue weighted by Gasteiger charge is 2.19. The Kier molecular flexibility index (Phi) is 6.74. The van der Waals surface area contributed by atoms with Crippen molar-refractivity contribution in [2.24, 2.45) is 0 Å². The molecule has 2 aliphatic rings. The van der Waals surface area contributed by atoms with E-state index in [2.05, 4.69) is 22.8 Å². The van der Waals surface area contributed by atoms with Gasteiger partial charge in [0.15, 0.2) is 0 Å². The molecular weight excluding hydrogens is 324 g/mol. The second-order valence-corrected chi connectivity index (χ2v) is 7.92. The summed E-state index contributed by atoms with van der Waals surface area (Å²) in [6, 6.07) is 8.54. The maximum Gasteiger partial charge on any atom is 0.251 e. The van der Waals surface area contributed by atoms with Gasteiger partial charge in [0.05, 0.1) is 4.58 Å². The Bertz CT molecular complexity index is 457. The largest absolute Gasteiger partial charge is 0.350 e. The Morgan fingerprint density at radius 3 is 2.57 bits per heavy atom. The van der Waals surface area contributed by atoms with Crippen molar-refractivity contribution in [2.75, 3.05) is 24.6 Å². The predicted molar refractivity (Wildman–Crippen MR) is 94.7 cm³/mol. The van der Waals surface area contributed by atoms with E-state index in [1.54, 1.807) is 0 Å². The van der Waals surface area contributed by atoms with Gasteiger partial charge >= 0.3 is 0 Å². The first-order chi connectivity index (χ1) is 9.83. The smallest absolute Gasteiger partial charge is 0.251 e. The maximum atomic E-state index is 12.1. The Morgan fingerprint density at radius 1 is 1.24 bits per heavy atom. The van der Waals surface area contributed by atoms with E-state index >= 15 is 0 Å². The molecule has 0 bridgehead atoms. The Hall–Kier alpha value is -0.360. The van der Waals surface area contributed by atoms with Gasteiger partial charge in [-0.05, 0) is 37.1 Å². The lowest BCUT2D eigenvalue weighted by Crippen LogP contribution is -2.37. The van der Waals surface area contributed by atoms with Crippen LogP contribution in [0.15, 0.2) is 24.3 Å². The van der Waals surface area contributed by atoms with Crippen LogP contribution >= 0.6 is 35.9 Å². The normalized spacial score (nSPS) is 22.0. The highest BCUT2D eigenvalue weighted by molar-refractivity contribution is 8.19. The number of carbonyl (C=O) groups is 1. The van der Waals surface area contributed by atoms with Crippen LogP contribution in [0, 0.1) is 0 Å². The van der Waals surface area contributed by atoms with Crippen molar-refractivity contribution < 1.29 is 4.79 Å². The average Bonchev–Trinajstić information content (AvgIpc) is 3.18. The van der Waals surface area contributed by atoms with Crippen LogP contribution < -0.4 is 10.6 Å². The molecule has 116 valence electrons. The highest BCUT2D eigenvalue weighted by atomic mass is 35.5. The Morgan fingerprint density at radius 2 is 1.95 bits per heavy atom. The lowest BCUT2D eigenvalue weighted by molar-refractivity contribution is 0.0950. The number of nitrogens with one attached hydrogen (secondary N) is 2. The minimum absolute atomic E-state index is 0. The summed E-state index contributed by atoms with van der Waals surface area (Å²) in [5, 5.41) is 6.41. The monoisotopic (exact) mass is 344 g/mol. The molecule has 0 radical (unpaired) electrons. The SMILES string of the molecule is Cl.O=C(NCC1CCCN1)c1ccc(C2SCCS2)cc1. The molecule has 0 spiro atoms. The van der Waals surface area contributed by atoms with Crippen molar-refractivity contribution in [3.05, 3.63) is 35.4 Å². The molecular formula is C15H21ClN2OS2. The number of halogens is 1. The number of hydrogen-bond acceptors (Lipinski definition) is 4. The van der Waals surface area contributed by atoms with Gasteiger partial charge in [-0.25, -0.2) is 0 Å². The molecule has 1 aromatic rings. The molecule has 2 heterocycles. The van der Waals surface area contributed by atoms with E-state index in [1.807, 2.05) is 35.7 Å². The third kappa shape index (κ3) is 4.55. The summed E-state index contributed by atoms with van der Waals surface area (Å²) in [5.41, 5.74) is 2.09. The van der Waals surface area contributed by atoms with E-state index in [1.165, 1.54) is 23.5 Å². The van der Waals surface area contributed by atoms with E-state index in [0.717, 1.165) is 25.1 Å².